The van der Waals surface area contributed by atoms with Gasteiger partial charge < -0.3 is 28.7 Å². The number of benzene rings is 2. The highest BCUT2D eigenvalue weighted by atomic mass is 16.6. The average molecular weight is 553 g/mol. The van der Waals surface area contributed by atoms with Gasteiger partial charge in [0, 0.05) is 25.0 Å². The molecule has 1 aliphatic carbocycles. The maximum Gasteiger partial charge on any atom is 0.410 e. The first kappa shape index (κ1) is 29.7. The molecule has 0 bridgehead atoms. The lowest BCUT2D eigenvalue weighted by Gasteiger charge is -2.39. The fraction of sp³-hybridized carbons (Fsp3) is 0.562. The minimum atomic E-state index is -0.591. The summed E-state index contributed by atoms with van der Waals surface area (Å²) in [5, 5.41) is 0. The fourth-order valence-electron chi connectivity index (χ4n) is 5.38. The Morgan fingerprint density at radius 2 is 1.70 bits per heavy atom. The van der Waals surface area contributed by atoms with Crippen LogP contribution in [0.15, 0.2) is 54.6 Å². The van der Waals surface area contributed by atoms with E-state index in [9.17, 15) is 9.59 Å². The third-order valence-electron chi connectivity index (χ3n) is 7.31. The first-order valence-corrected chi connectivity index (χ1v) is 14.5. The van der Waals surface area contributed by atoms with Crippen LogP contribution in [0.1, 0.15) is 58.9 Å². The number of carbonyl (C=O) groups is 2. The molecule has 0 spiro atoms. The molecule has 1 saturated carbocycles. The van der Waals surface area contributed by atoms with Gasteiger partial charge >= 0.3 is 6.09 Å². The predicted octanol–water partition coefficient (Wildman–Crippen LogP) is 5.69. The summed E-state index contributed by atoms with van der Waals surface area (Å²) in [7, 11) is 0. The molecule has 1 aliphatic heterocycles. The van der Waals surface area contributed by atoms with Crippen molar-refractivity contribution in [3.63, 3.8) is 0 Å². The van der Waals surface area contributed by atoms with Crippen LogP contribution in [-0.4, -0.2) is 72.5 Å². The smallest absolute Gasteiger partial charge is 0.410 e. The molecule has 0 N–H and O–H groups in total. The zero-order valence-corrected chi connectivity index (χ0v) is 24.3. The Morgan fingerprint density at radius 3 is 2.40 bits per heavy atom. The van der Waals surface area contributed by atoms with Crippen molar-refractivity contribution >= 4 is 12.0 Å². The molecule has 0 aromatic heterocycles. The summed E-state index contributed by atoms with van der Waals surface area (Å²) < 4.78 is 23.2. The van der Waals surface area contributed by atoms with Gasteiger partial charge in [-0.2, -0.15) is 0 Å². The molecule has 1 saturated heterocycles. The van der Waals surface area contributed by atoms with Gasteiger partial charge in [-0.25, -0.2) is 4.79 Å². The molecule has 1 atom stereocenters. The van der Waals surface area contributed by atoms with E-state index in [4.69, 9.17) is 18.9 Å². The van der Waals surface area contributed by atoms with Crippen LogP contribution in [0.3, 0.4) is 0 Å². The van der Waals surface area contributed by atoms with Gasteiger partial charge in [0.2, 0.25) is 5.91 Å². The van der Waals surface area contributed by atoms with Crippen molar-refractivity contribution in [2.45, 2.75) is 77.7 Å². The number of hydrogen-bond acceptors (Lipinski definition) is 6. The molecule has 1 heterocycles. The Hall–Kier alpha value is -3.26. The SMILES string of the molecule is CCOc1cccc(CN(C(=O)OC(C)(C)C)C2CCC(C(=O)N3CCO[C@H](COc4ccccc4)C3)CC2)c1. The number of ether oxygens (including phenoxy) is 4. The van der Waals surface area contributed by atoms with E-state index in [-0.39, 0.29) is 30.1 Å². The number of rotatable bonds is 9. The summed E-state index contributed by atoms with van der Waals surface area (Å²) in [6.07, 6.45) is 2.52. The average Bonchev–Trinajstić information content (AvgIpc) is 2.95. The zero-order valence-electron chi connectivity index (χ0n) is 24.3. The van der Waals surface area contributed by atoms with E-state index in [0.717, 1.165) is 42.7 Å². The van der Waals surface area contributed by atoms with E-state index < -0.39 is 5.60 Å². The largest absolute Gasteiger partial charge is 0.494 e. The Kier molecular flexibility index (Phi) is 10.3. The van der Waals surface area contributed by atoms with Crippen LogP contribution in [0.25, 0.3) is 0 Å². The summed E-state index contributed by atoms with van der Waals surface area (Å²) in [4.78, 5) is 30.5. The fourth-order valence-corrected chi connectivity index (χ4v) is 5.38. The summed E-state index contributed by atoms with van der Waals surface area (Å²) in [5.41, 5.74) is 0.402. The summed E-state index contributed by atoms with van der Waals surface area (Å²) in [6, 6.07) is 17.5. The lowest BCUT2D eigenvalue weighted by atomic mass is 9.84. The van der Waals surface area contributed by atoms with Crippen LogP contribution in [0.5, 0.6) is 11.5 Å². The van der Waals surface area contributed by atoms with Crippen molar-refractivity contribution in [3.8, 4) is 11.5 Å². The summed E-state index contributed by atoms with van der Waals surface area (Å²) >= 11 is 0. The van der Waals surface area contributed by atoms with Crippen LogP contribution in [-0.2, 0) is 20.8 Å². The van der Waals surface area contributed by atoms with Gasteiger partial charge in [0.25, 0.3) is 0 Å². The first-order chi connectivity index (χ1) is 19.2. The summed E-state index contributed by atoms with van der Waals surface area (Å²) in [6.45, 7) is 10.7. The van der Waals surface area contributed by atoms with Gasteiger partial charge in [0.05, 0.1) is 19.8 Å². The molecule has 218 valence electrons. The van der Waals surface area contributed by atoms with Crippen molar-refractivity contribution in [3.05, 3.63) is 60.2 Å². The second-order valence-electron chi connectivity index (χ2n) is 11.6. The number of amides is 2. The third kappa shape index (κ3) is 8.62. The maximum absolute atomic E-state index is 13.5. The lowest BCUT2D eigenvalue weighted by Crippen LogP contribution is -2.51. The van der Waals surface area contributed by atoms with Crippen molar-refractivity contribution in [1.29, 1.82) is 0 Å². The van der Waals surface area contributed by atoms with Crippen molar-refractivity contribution in [1.82, 2.24) is 9.80 Å². The topological polar surface area (TPSA) is 77.5 Å². The van der Waals surface area contributed by atoms with E-state index in [2.05, 4.69) is 0 Å². The van der Waals surface area contributed by atoms with Gasteiger partial charge in [-0.3, -0.25) is 4.79 Å². The second kappa shape index (κ2) is 13.9. The Morgan fingerprint density at radius 1 is 0.975 bits per heavy atom. The van der Waals surface area contributed by atoms with Gasteiger partial charge in [-0.1, -0.05) is 30.3 Å². The molecule has 0 unspecified atom stereocenters. The van der Waals surface area contributed by atoms with Gasteiger partial charge in [-0.15, -0.1) is 0 Å². The van der Waals surface area contributed by atoms with Crippen molar-refractivity contribution in [2.75, 3.05) is 32.9 Å². The van der Waals surface area contributed by atoms with Crippen LogP contribution in [0, 0.1) is 5.92 Å². The number of hydrogen-bond donors (Lipinski definition) is 0. The number of nitrogens with zero attached hydrogens (tertiary/aromatic N) is 2. The lowest BCUT2D eigenvalue weighted by molar-refractivity contribution is -0.145. The molecule has 0 radical (unpaired) electrons. The quantitative estimate of drug-likeness (QED) is 0.398. The second-order valence-corrected chi connectivity index (χ2v) is 11.6. The first-order valence-electron chi connectivity index (χ1n) is 14.5. The van der Waals surface area contributed by atoms with Gasteiger partial charge in [0.15, 0.2) is 0 Å². The Labute approximate surface area is 238 Å². The number of para-hydroxylation sites is 1. The van der Waals surface area contributed by atoms with Crippen LogP contribution in [0.4, 0.5) is 4.79 Å². The predicted molar refractivity (Wildman–Crippen MR) is 153 cm³/mol. The highest BCUT2D eigenvalue weighted by Crippen LogP contribution is 2.32. The monoisotopic (exact) mass is 552 g/mol. The Balaban J connectivity index is 1.34. The normalized spacial score (nSPS) is 21.4. The number of carbonyl (C=O) groups excluding carboxylic acids is 2. The number of morpholine rings is 1. The standard InChI is InChI=1S/C32H44N2O6/c1-5-37-28-13-9-10-24(20-28)21-34(31(36)40-32(2,3)4)26-16-14-25(15-17-26)30(35)33-18-19-38-29(22-33)23-39-27-11-7-6-8-12-27/h6-13,20,25-26,29H,5,14-19,21-23H2,1-4H3/t25?,26?,29-/m0/s1. The minimum absolute atomic E-state index is 0.00589. The highest BCUT2D eigenvalue weighted by Gasteiger charge is 2.36. The highest BCUT2D eigenvalue weighted by molar-refractivity contribution is 5.79. The zero-order chi connectivity index (χ0) is 28.5. The van der Waals surface area contributed by atoms with Crippen LogP contribution < -0.4 is 9.47 Å². The van der Waals surface area contributed by atoms with E-state index in [1.165, 1.54) is 0 Å². The van der Waals surface area contributed by atoms with Gasteiger partial charge in [0.1, 0.15) is 29.8 Å². The Bertz CT molecular complexity index is 1090. The molecule has 2 aromatic rings. The van der Waals surface area contributed by atoms with E-state index in [1.54, 1.807) is 0 Å². The molecule has 4 rings (SSSR count). The van der Waals surface area contributed by atoms with E-state index in [0.29, 0.717) is 39.5 Å². The van der Waals surface area contributed by atoms with E-state index >= 15 is 0 Å². The third-order valence-corrected chi connectivity index (χ3v) is 7.31. The summed E-state index contributed by atoms with van der Waals surface area (Å²) in [5.74, 6) is 1.72. The molecule has 40 heavy (non-hydrogen) atoms. The maximum atomic E-state index is 13.5. The molecule has 8 heteroatoms. The molecule has 8 nitrogen and oxygen atoms in total. The van der Waals surface area contributed by atoms with Crippen LogP contribution in [0.2, 0.25) is 0 Å². The van der Waals surface area contributed by atoms with Gasteiger partial charge in [-0.05, 0) is 83.2 Å². The van der Waals surface area contributed by atoms with E-state index in [1.807, 2.05) is 92.1 Å². The molecular formula is C32H44N2O6. The molecule has 2 fully saturated rings. The molecule has 2 aliphatic rings. The van der Waals surface area contributed by atoms with Crippen molar-refractivity contribution < 1.29 is 28.5 Å². The minimum Gasteiger partial charge on any atom is -0.494 e. The molecule has 2 amide bonds. The van der Waals surface area contributed by atoms with Crippen molar-refractivity contribution in [2.24, 2.45) is 5.92 Å². The molecule has 2 aromatic carbocycles. The van der Waals surface area contributed by atoms with Crippen LogP contribution >= 0.6 is 0 Å². The molecular weight excluding hydrogens is 508 g/mol.